The summed E-state index contributed by atoms with van der Waals surface area (Å²) in [6.45, 7) is 1.82. The zero-order valence-corrected chi connectivity index (χ0v) is 16.5. The zero-order valence-electron chi connectivity index (χ0n) is 16.5. The third-order valence-electron chi connectivity index (χ3n) is 6.07. The smallest absolute Gasteiger partial charge is 0.188 e. The first-order valence-corrected chi connectivity index (χ1v) is 10.7. The Bertz CT molecular complexity index is 976. The Morgan fingerprint density at radius 2 is 1.62 bits per heavy atom. The van der Waals surface area contributed by atoms with Gasteiger partial charge in [-0.1, -0.05) is 31.4 Å². The van der Waals surface area contributed by atoms with Crippen LogP contribution in [0, 0.1) is 5.82 Å². The molecular weight excluding hydrogens is 369 g/mol. The summed E-state index contributed by atoms with van der Waals surface area (Å²) >= 11 is 0. The summed E-state index contributed by atoms with van der Waals surface area (Å²) < 4.78 is 22.2. The second-order valence-electron chi connectivity index (χ2n) is 8.05. The van der Waals surface area contributed by atoms with Gasteiger partial charge in [0.15, 0.2) is 11.5 Å². The first kappa shape index (κ1) is 18.5. The number of nitrogens with zero attached hydrogens (tertiary/aromatic N) is 5. The van der Waals surface area contributed by atoms with E-state index in [1.165, 1.54) is 38.2 Å². The number of hydrogen-bond acceptors (Lipinski definition) is 5. The van der Waals surface area contributed by atoms with Crippen LogP contribution in [-0.4, -0.2) is 45.1 Å². The van der Waals surface area contributed by atoms with Crippen molar-refractivity contribution in [2.45, 2.75) is 57.2 Å². The van der Waals surface area contributed by atoms with Crippen LogP contribution in [0.5, 0.6) is 0 Å². The molecule has 1 saturated carbocycles. The minimum atomic E-state index is -0.324. The Morgan fingerprint density at radius 1 is 0.862 bits per heavy atom. The Morgan fingerprint density at radius 3 is 2.41 bits per heavy atom. The standard InChI is InChI=1S/C22H26FN5O/c23-19-9-5-4-8-18(19)22-25-24-20-10-11-21(26-28(20)22)27-14-12-17(13-15-27)29-16-6-2-1-3-7-16/h4-5,8-11,16-17H,1-3,6-7,12-15H2. The molecule has 2 aromatic heterocycles. The van der Waals surface area contributed by atoms with Crippen LogP contribution in [0.25, 0.3) is 17.0 Å². The number of halogens is 1. The molecule has 1 saturated heterocycles. The predicted octanol–water partition coefficient (Wildman–Crippen LogP) is 4.25. The van der Waals surface area contributed by atoms with Crippen LogP contribution in [0.4, 0.5) is 10.2 Å². The first-order chi connectivity index (χ1) is 14.3. The van der Waals surface area contributed by atoms with Crippen LogP contribution in [-0.2, 0) is 4.74 Å². The molecular formula is C22H26FN5O. The van der Waals surface area contributed by atoms with Crippen molar-refractivity contribution in [3.63, 3.8) is 0 Å². The van der Waals surface area contributed by atoms with E-state index in [2.05, 4.69) is 15.1 Å². The summed E-state index contributed by atoms with van der Waals surface area (Å²) in [5, 5.41) is 13.0. The molecule has 2 aliphatic rings. The minimum absolute atomic E-state index is 0.324. The third kappa shape index (κ3) is 3.83. The highest BCUT2D eigenvalue weighted by molar-refractivity contribution is 5.60. The summed E-state index contributed by atoms with van der Waals surface area (Å²) in [5.74, 6) is 0.969. The molecule has 1 aliphatic carbocycles. The van der Waals surface area contributed by atoms with E-state index in [-0.39, 0.29) is 5.82 Å². The largest absolute Gasteiger partial charge is 0.375 e. The van der Waals surface area contributed by atoms with Crippen molar-refractivity contribution >= 4 is 11.5 Å². The van der Waals surface area contributed by atoms with E-state index in [1.54, 1.807) is 22.7 Å². The molecule has 3 aromatic rings. The molecule has 0 unspecified atom stereocenters. The van der Waals surface area contributed by atoms with Crippen LogP contribution >= 0.6 is 0 Å². The number of piperidine rings is 1. The fourth-order valence-electron chi connectivity index (χ4n) is 4.45. The van der Waals surface area contributed by atoms with E-state index in [0.29, 0.717) is 29.2 Å². The molecule has 1 aromatic carbocycles. The summed E-state index contributed by atoms with van der Waals surface area (Å²) in [7, 11) is 0. The fourth-order valence-corrected chi connectivity index (χ4v) is 4.45. The van der Waals surface area contributed by atoms with Gasteiger partial charge in [0, 0.05) is 13.1 Å². The van der Waals surface area contributed by atoms with Crippen molar-refractivity contribution in [1.29, 1.82) is 0 Å². The van der Waals surface area contributed by atoms with Crippen LogP contribution in [0.1, 0.15) is 44.9 Å². The molecule has 0 amide bonds. The summed E-state index contributed by atoms with van der Waals surface area (Å²) in [4.78, 5) is 2.27. The molecule has 6 nitrogen and oxygen atoms in total. The number of fused-ring (bicyclic) bond motifs is 1. The lowest BCUT2D eigenvalue weighted by atomic mass is 9.97. The van der Waals surface area contributed by atoms with Crippen molar-refractivity contribution < 1.29 is 9.13 Å². The van der Waals surface area contributed by atoms with E-state index in [4.69, 9.17) is 9.84 Å². The molecule has 7 heteroatoms. The van der Waals surface area contributed by atoms with Gasteiger partial charge in [-0.2, -0.15) is 4.52 Å². The maximum Gasteiger partial charge on any atom is 0.188 e. The van der Waals surface area contributed by atoms with E-state index in [0.717, 1.165) is 31.7 Å². The van der Waals surface area contributed by atoms with Gasteiger partial charge in [-0.15, -0.1) is 15.3 Å². The van der Waals surface area contributed by atoms with Crippen molar-refractivity contribution in [2.24, 2.45) is 0 Å². The molecule has 29 heavy (non-hydrogen) atoms. The number of hydrogen-bond donors (Lipinski definition) is 0. The monoisotopic (exact) mass is 395 g/mol. The molecule has 2 fully saturated rings. The zero-order chi connectivity index (χ0) is 19.6. The lowest BCUT2D eigenvalue weighted by Crippen LogP contribution is -2.39. The third-order valence-corrected chi connectivity index (χ3v) is 6.07. The van der Waals surface area contributed by atoms with Crippen LogP contribution in [0.15, 0.2) is 36.4 Å². The number of aromatic nitrogens is 4. The number of benzene rings is 1. The number of anilines is 1. The second kappa shape index (κ2) is 8.06. The molecule has 0 spiro atoms. The molecule has 0 atom stereocenters. The molecule has 5 rings (SSSR count). The van der Waals surface area contributed by atoms with E-state index in [9.17, 15) is 4.39 Å². The van der Waals surface area contributed by atoms with E-state index < -0.39 is 0 Å². The summed E-state index contributed by atoms with van der Waals surface area (Å²) in [6.07, 6.45) is 9.21. The minimum Gasteiger partial charge on any atom is -0.375 e. The van der Waals surface area contributed by atoms with Gasteiger partial charge in [-0.3, -0.25) is 0 Å². The van der Waals surface area contributed by atoms with Gasteiger partial charge in [-0.25, -0.2) is 4.39 Å². The Labute approximate surface area is 169 Å². The Balaban J connectivity index is 1.31. The molecule has 1 aliphatic heterocycles. The fraction of sp³-hybridized carbons (Fsp3) is 0.500. The van der Waals surface area contributed by atoms with Crippen LogP contribution < -0.4 is 4.90 Å². The summed E-state index contributed by atoms with van der Waals surface area (Å²) in [5.41, 5.74) is 1.02. The van der Waals surface area contributed by atoms with Crippen LogP contribution in [0.2, 0.25) is 0 Å². The lowest BCUT2D eigenvalue weighted by Gasteiger charge is -2.35. The normalized spacial score (nSPS) is 19.1. The average Bonchev–Trinajstić information content (AvgIpc) is 3.18. The highest BCUT2D eigenvalue weighted by Crippen LogP contribution is 2.27. The van der Waals surface area contributed by atoms with Gasteiger partial charge < -0.3 is 9.64 Å². The molecule has 3 heterocycles. The van der Waals surface area contributed by atoms with Gasteiger partial charge in [0.1, 0.15) is 11.6 Å². The van der Waals surface area contributed by atoms with Crippen molar-refractivity contribution in [1.82, 2.24) is 19.8 Å². The second-order valence-corrected chi connectivity index (χ2v) is 8.05. The predicted molar refractivity (Wildman–Crippen MR) is 109 cm³/mol. The Kier molecular flexibility index (Phi) is 5.14. The van der Waals surface area contributed by atoms with Gasteiger partial charge in [0.25, 0.3) is 0 Å². The van der Waals surface area contributed by atoms with Crippen molar-refractivity contribution in [3.05, 3.63) is 42.2 Å². The highest BCUT2D eigenvalue weighted by Gasteiger charge is 2.25. The molecule has 0 bridgehead atoms. The number of rotatable bonds is 4. The van der Waals surface area contributed by atoms with Gasteiger partial charge in [-0.05, 0) is 49.9 Å². The molecule has 0 N–H and O–H groups in total. The van der Waals surface area contributed by atoms with E-state index >= 15 is 0 Å². The number of ether oxygens (including phenoxy) is 1. The van der Waals surface area contributed by atoms with Gasteiger partial charge in [0.05, 0.1) is 17.8 Å². The molecule has 152 valence electrons. The maximum absolute atomic E-state index is 14.2. The van der Waals surface area contributed by atoms with Crippen molar-refractivity contribution in [3.8, 4) is 11.4 Å². The lowest BCUT2D eigenvalue weighted by molar-refractivity contribution is -0.0395. The van der Waals surface area contributed by atoms with Gasteiger partial charge in [0.2, 0.25) is 0 Å². The first-order valence-electron chi connectivity index (χ1n) is 10.7. The molecule has 0 radical (unpaired) electrons. The topological polar surface area (TPSA) is 55.5 Å². The van der Waals surface area contributed by atoms with Gasteiger partial charge >= 0.3 is 0 Å². The summed E-state index contributed by atoms with van der Waals surface area (Å²) in [6, 6.07) is 10.5. The van der Waals surface area contributed by atoms with E-state index in [1.807, 2.05) is 12.1 Å². The quantitative estimate of drug-likeness (QED) is 0.661. The maximum atomic E-state index is 14.2. The van der Waals surface area contributed by atoms with Crippen LogP contribution in [0.3, 0.4) is 0 Å². The highest BCUT2D eigenvalue weighted by atomic mass is 19.1. The van der Waals surface area contributed by atoms with Crippen molar-refractivity contribution in [2.75, 3.05) is 18.0 Å². The SMILES string of the molecule is Fc1ccccc1-c1nnc2ccc(N3CCC(OC4CCCCC4)CC3)nn12. The average molecular weight is 395 g/mol. The Hall–Kier alpha value is -2.54.